The number of benzene rings is 3. The lowest BCUT2D eigenvalue weighted by Gasteiger charge is -2.41. The van der Waals surface area contributed by atoms with Gasteiger partial charge in [-0.25, -0.2) is 9.97 Å². The minimum absolute atomic E-state index is 0.00126. The van der Waals surface area contributed by atoms with Gasteiger partial charge >= 0.3 is 0 Å². The summed E-state index contributed by atoms with van der Waals surface area (Å²) in [5, 5.41) is 13.2. The van der Waals surface area contributed by atoms with Crippen molar-refractivity contribution in [3.8, 4) is 11.1 Å². The smallest absolute Gasteiger partial charge is 0.253 e. The van der Waals surface area contributed by atoms with E-state index in [2.05, 4.69) is 51.5 Å². The van der Waals surface area contributed by atoms with E-state index in [4.69, 9.17) is 9.47 Å². The normalized spacial score (nSPS) is 19.6. The number of thioether (sulfide) groups is 1. The van der Waals surface area contributed by atoms with Crippen LogP contribution in [0, 0.1) is 5.92 Å². The predicted octanol–water partition coefficient (Wildman–Crippen LogP) is 6.54. The molecule has 0 aliphatic carbocycles. The van der Waals surface area contributed by atoms with Crippen molar-refractivity contribution >= 4 is 17.7 Å². The summed E-state index contributed by atoms with van der Waals surface area (Å²) in [4.78, 5) is 25.2. The lowest BCUT2D eigenvalue weighted by Crippen LogP contribution is -2.38. The van der Waals surface area contributed by atoms with Crippen molar-refractivity contribution in [3.05, 3.63) is 144 Å². The summed E-state index contributed by atoms with van der Waals surface area (Å²) < 4.78 is 13.2. The van der Waals surface area contributed by atoms with Gasteiger partial charge < -0.3 is 19.9 Å². The molecule has 0 spiro atoms. The van der Waals surface area contributed by atoms with Crippen molar-refractivity contribution in [2.24, 2.45) is 5.92 Å². The molecule has 1 aliphatic rings. The maximum atomic E-state index is 12.5. The first-order valence-electron chi connectivity index (χ1n) is 14.9. The SMILES string of the molecule is CC1C(CSc2ncccn2)OC(c2ccc(-c3cccc(CNC(=O)c4cccnc4)c3)cc2)OC1c1ccc(CO)cc1. The van der Waals surface area contributed by atoms with Gasteiger partial charge in [0.2, 0.25) is 0 Å². The second-order valence-corrected chi connectivity index (χ2v) is 11.9. The highest BCUT2D eigenvalue weighted by Gasteiger charge is 2.38. The van der Waals surface area contributed by atoms with Crippen molar-refractivity contribution in [1.29, 1.82) is 0 Å². The molecule has 4 atom stereocenters. The highest BCUT2D eigenvalue weighted by molar-refractivity contribution is 7.99. The van der Waals surface area contributed by atoms with Crippen molar-refractivity contribution < 1.29 is 19.4 Å². The molecule has 2 aromatic heterocycles. The Morgan fingerprint density at radius 1 is 0.844 bits per heavy atom. The van der Waals surface area contributed by atoms with Crippen molar-refractivity contribution in [3.63, 3.8) is 0 Å². The van der Waals surface area contributed by atoms with Crippen LogP contribution in [-0.4, -0.2) is 37.8 Å². The molecule has 9 heteroatoms. The van der Waals surface area contributed by atoms with Gasteiger partial charge in [-0.2, -0.15) is 0 Å². The first kappa shape index (κ1) is 30.6. The lowest BCUT2D eigenvalue weighted by molar-refractivity contribution is -0.268. The molecule has 0 bridgehead atoms. The van der Waals surface area contributed by atoms with Gasteiger partial charge in [0.25, 0.3) is 5.91 Å². The molecule has 1 amide bonds. The first-order valence-corrected chi connectivity index (χ1v) is 15.8. The van der Waals surface area contributed by atoms with Gasteiger partial charge in [-0.3, -0.25) is 9.78 Å². The fourth-order valence-electron chi connectivity index (χ4n) is 5.30. The summed E-state index contributed by atoms with van der Waals surface area (Å²) in [5.74, 6) is 0.590. The number of hydrogen-bond acceptors (Lipinski definition) is 8. The molecule has 3 aromatic carbocycles. The molecule has 2 N–H and O–H groups in total. The highest BCUT2D eigenvalue weighted by Crippen LogP contribution is 2.43. The monoisotopic (exact) mass is 618 g/mol. The lowest BCUT2D eigenvalue weighted by atomic mass is 9.91. The minimum Gasteiger partial charge on any atom is -0.392 e. The third kappa shape index (κ3) is 7.64. The second kappa shape index (κ2) is 14.6. The summed E-state index contributed by atoms with van der Waals surface area (Å²) in [5.41, 5.74) is 6.46. The summed E-state index contributed by atoms with van der Waals surface area (Å²) in [7, 11) is 0. The summed E-state index contributed by atoms with van der Waals surface area (Å²) in [6.45, 7) is 2.56. The van der Waals surface area contributed by atoms with Crippen molar-refractivity contribution in [1.82, 2.24) is 20.3 Å². The number of aromatic nitrogens is 3. The Kier molecular flexibility index (Phi) is 9.92. The van der Waals surface area contributed by atoms with Crippen LogP contribution in [0.5, 0.6) is 0 Å². The molecule has 45 heavy (non-hydrogen) atoms. The quantitative estimate of drug-likeness (QED) is 0.134. The summed E-state index contributed by atoms with van der Waals surface area (Å²) in [6.07, 6.45) is 5.82. The second-order valence-electron chi connectivity index (χ2n) is 10.9. The zero-order chi connectivity index (χ0) is 31.0. The largest absolute Gasteiger partial charge is 0.392 e. The van der Waals surface area contributed by atoms with E-state index in [9.17, 15) is 9.90 Å². The van der Waals surface area contributed by atoms with Crippen LogP contribution in [0.25, 0.3) is 11.1 Å². The average molecular weight is 619 g/mol. The van der Waals surface area contributed by atoms with Gasteiger partial charge in [0.05, 0.1) is 24.4 Å². The molecule has 6 rings (SSSR count). The van der Waals surface area contributed by atoms with E-state index in [0.717, 1.165) is 33.4 Å². The Labute approximate surface area is 266 Å². The number of aliphatic hydroxyl groups is 1. The molecular formula is C36H34N4O4S. The molecule has 3 heterocycles. The van der Waals surface area contributed by atoms with E-state index in [-0.39, 0.29) is 30.6 Å². The molecule has 8 nitrogen and oxygen atoms in total. The topological polar surface area (TPSA) is 106 Å². The van der Waals surface area contributed by atoms with Crippen LogP contribution in [0.3, 0.4) is 0 Å². The molecule has 228 valence electrons. The number of carbonyl (C=O) groups is 1. The molecule has 1 aliphatic heterocycles. The maximum absolute atomic E-state index is 12.5. The highest BCUT2D eigenvalue weighted by atomic mass is 32.2. The summed E-state index contributed by atoms with van der Waals surface area (Å²) >= 11 is 1.57. The van der Waals surface area contributed by atoms with Gasteiger partial charge in [0, 0.05) is 48.6 Å². The zero-order valence-electron chi connectivity index (χ0n) is 24.8. The van der Waals surface area contributed by atoms with E-state index in [1.807, 2.05) is 48.5 Å². The molecule has 0 radical (unpaired) electrons. The third-order valence-electron chi connectivity index (χ3n) is 7.86. The number of aliphatic hydroxyl groups excluding tert-OH is 1. The number of pyridine rings is 1. The van der Waals surface area contributed by atoms with E-state index in [1.54, 1.807) is 54.7 Å². The molecule has 4 unspecified atom stereocenters. The van der Waals surface area contributed by atoms with Crippen LogP contribution in [0.4, 0.5) is 0 Å². The Balaban J connectivity index is 1.18. The van der Waals surface area contributed by atoms with Crippen LogP contribution in [0.15, 0.2) is 121 Å². The standard InChI is InChI=1S/C36H34N4O4S/c1-24-32(23-45-36-38-17-4-18-39-36)43-35(44-33(24)28-10-8-25(22-41)9-11-28)29-14-12-27(13-15-29)30-6-2-5-26(19-30)20-40-34(42)31-7-3-16-37-21-31/h2-19,21,24,32-33,35,41H,20,22-23H2,1H3,(H,40,42). The number of nitrogens with zero attached hydrogens (tertiary/aromatic N) is 3. The van der Waals surface area contributed by atoms with E-state index in [0.29, 0.717) is 23.0 Å². The van der Waals surface area contributed by atoms with Gasteiger partial charge in [-0.05, 0) is 52.1 Å². The van der Waals surface area contributed by atoms with Gasteiger partial charge in [-0.1, -0.05) is 85.4 Å². The fraction of sp³-hybridized carbons (Fsp3) is 0.222. The number of carbonyl (C=O) groups excluding carboxylic acids is 1. The third-order valence-corrected chi connectivity index (χ3v) is 8.83. The predicted molar refractivity (Wildman–Crippen MR) is 173 cm³/mol. The number of rotatable bonds is 10. The van der Waals surface area contributed by atoms with Crippen LogP contribution in [0.2, 0.25) is 0 Å². The minimum atomic E-state index is -0.561. The van der Waals surface area contributed by atoms with Crippen LogP contribution >= 0.6 is 11.8 Å². The van der Waals surface area contributed by atoms with Gasteiger partial charge in [0.1, 0.15) is 0 Å². The number of ether oxygens (including phenoxy) is 2. The van der Waals surface area contributed by atoms with Crippen LogP contribution < -0.4 is 5.32 Å². The van der Waals surface area contributed by atoms with E-state index >= 15 is 0 Å². The number of amides is 1. The van der Waals surface area contributed by atoms with Crippen LogP contribution in [0.1, 0.15) is 51.9 Å². The van der Waals surface area contributed by atoms with Crippen molar-refractivity contribution in [2.45, 2.75) is 43.7 Å². The fourth-order valence-corrected chi connectivity index (χ4v) is 6.27. The molecule has 0 saturated carbocycles. The number of hydrogen-bond donors (Lipinski definition) is 2. The molecule has 5 aromatic rings. The summed E-state index contributed by atoms with van der Waals surface area (Å²) in [6, 6.07) is 29.6. The van der Waals surface area contributed by atoms with Crippen molar-refractivity contribution in [2.75, 3.05) is 5.75 Å². The van der Waals surface area contributed by atoms with E-state index < -0.39 is 6.29 Å². The van der Waals surface area contributed by atoms with Crippen LogP contribution in [-0.2, 0) is 22.6 Å². The zero-order valence-corrected chi connectivity index (χ0v) is 25.6. The first-order chi connectivity index (χ1) is 22.1. The van der Waals surface area contributed by atoms with E-state index in [1.165, 1.54) is 0 Å². The van der Waals surface area contributed by atoms with Gasteiger partial charge in [0.15, 0.2) is 11.4 Å². The Bertz CT molecular complexity index is 1690. The van der Waals surface area contributed by atoms with Gasteiger partial charge in [-0.15, -0.1) is 0 Å². The Morgan fingerprint density at radius 2 is 1.62 bits per heavy atom. The Morgan fingerprint density at radius 3 is 2.36 bits per heavy atom. The Hall–Kier alpha value is -4.41. The maximum Gasteiger partial charge on any atom is 0.253 e. The molecular weight excluding hydrogens is 584 g/mol. The molecule has 1 fully saturated rings. The average Bonchev–Trinajstić information content (AvgIpc) is 3.11. The number of nitrogens with one attached hydrogen (secondary N) is 1. The molecule has 1 saturated heterocycles.